The Morgan fingerprint density at radius 3 is 2.89 bits per heavy atom. The molecule has 0 saturated heterocycles. The van der Waals surface area contributed by atoms with Gasteiger partial charge in [-0.15, -0.1) is 0 Å². The summed E-state index contributed by atoms with van der Waals surface area (Å²) in [6.45, 7) is 2.20. The van der Waals surface area contributed by atoms with Gasteiger partial charge in [0.2, 0.25) is 5.91 Å². The Hall–Kier alpha value is -2.48. The van der Waals surface area contributed by atoms with E-state index in [0.717, 1.165) is 12.8 Å². The molecule has 2 aliphatic rings. The maximum Gasteiger partial charge on any atom is 0.270 e. The normalized spacial score (nSPS) is 26.1. The number of nitrogens with one attached hydrogen (secondary N) is 1. The number of carbonyl (C=O) groups is 1. The second kappa shape index (κ2) is 7.16. The molecule has 2 fully saturated rings. The molecule has 1 aromatic heterocycles. The minimum atomic E-state index is -0.451. The van der Waals surface area contributed by atoms with Crippen molar-refractivity contribution in [3.63, 3.8) is 0 Å². The summed E-state index contributed by atoms with van der Waals surface area (Å²) in [6.07, 6.45) is 6.12. The lowest BCUT2D eigenvalue weighted by atomic mass is 9.90. The van der Waals surface area contributed by atoms with Crippen LogP contribution in [0.25, 0.3) is 11.3 Å². The number of hydrogen-bond acceptors (Lipinski definition) is 5. The summed E-state index contributed by atoms with van der Waals surface area (Å²) in [4.78, 5) is 22.8. The molecule has 0 unspecified atom stereocenters. The first kappa shape index (κ1) is 18.9. The van der Waals surface area contributed by atoms with Gasteiger partial charge in [-0.25, -0.2) is 5.43 Å². The number of hydrogen-bond donors (Lipinski definition) is 1. The van der Waals surface area contributed by atoms with Gasteiger partial charge in [0.1, 0.15) is 11.5 Å². The van der Waals surface area contributed by atoms with Gasteiger partial charge in [0.15, 0.2) is 0 Å². The number of nitro benzene ring substituents is 1. The number of fused-ring (bicyclic) bond motifs is 1. The predicted octanol–water partition coefficient (Wildman–Crippen LogP) is 4.89. The standard InChI is InChI=1S/C20H20BrN3O4/c1-20-9-3-2-4-15(20)18(20)19(25)23-22-11-13-6-8-17(28-13)14-7-5-12(24(26)27)10-16(14)21/h5-8,10-11,15,18H,2-4,9H2,1H3,(H,23,25)/b22-11-/t15-,18-,20+/m1/s1. The highest BCUT2D eigenvalue weighted by atomic mass is 79.9. The molecule has 2 aromatic rings. The molecular weight excluding hydrogens is 426 g/mol. The van der Waals surface area contributed by atoms with Crippen LogP contribution in [0.15, 0.2) is 44.3 Å². The van der Waals surface area contributed by atoms with Gasteiger partial charge in [-0.05, 0) is 58.3 Å². The number of nitro groups is 1. The van der Waals surface area contributed by atoms with E-state index in [1.165, 1.54) is 31.2 Å². The number of rotatable bonds is 5. The van der Waals surface area contributed by atoms with Crippen LogP contribution in [0.5, 0.6) is 0 Å². The van der Waals surface area contributed by atoms with Crippen LogP contribution >= 0.6 is 15.9 Å². The minimum Gasteiger partial charge on any atom is -0.455 e. The summed E-state index contributed by atoms with van der Waals surface area (Å²) in [7, 11) is 0. The molecule has 8 heteroatoms. The number of non-ortho nitro benzene ring substituents is 1. The van der Waals surface area contributed by atoms with E-state index in [9.17, 15) is 14.9 Å². The third-order valence-corrected chi connectivity index (χ3v) is 6.69. The molecule has 3 atom stereocenters. The molecule has 4 rings (SSSR count). The molecular formula is C20H20BrN3O4. The lowest BCUT2D eigenvalue weighted by Crippen LogP contribution is -2.22. The van der Waals surface area contributed by atoms with Crippen molar-refractivity contribution < 1.29 is 14.1 Å². The van der Waals surface area contributed by atoms with E-state index < -0.39 is 4.92 Å². The molecule has 146 valence electrons. The Labute approximate surface area is 170 Å². The summed E-state index contributed by atoms with van der Waals surface area (Å²) in [5, 5.41) is 14.9. The van der Waals surface area contributed by atoms with Gasteiger partial charge in [-0.3, -0.25) is 14.9 Å². The molecule has 2 saturated carbocycles. The third kappa shape index (κ3) is 3.37. The van der Waals surface area contributed by atoms with Gasteiger partial charge in [0.25, 0.3) is 5.69 Å². The fourth-order valence-electron chi connectivity index (χ4n) is 4.46. The third-order valence-electron chi connectivity index (χ3n) is 6.04. The Bertz CT molecular complexity index is 970. The van der Waals surface area contributed by atoms with Gasteiger partial charge < -0.3 is 4.42 Å². The van der Waals surface area contributed by atoms with Crippen molar-refractivity contribution in [2.75, 3.05) is 0 Å². The van der Waals surface area contributed by atoms with Crippen molar-refractivity contribution in [3.8, 4) is 11.3 Å². The van der Waals surface area contributed by atoms with Crippen LogP contribution < -0.4 is 5.43 Å². The monoisotopic (exact) mass is 445 g/mol. The molecule has 0 aliphatic heterocycles. The zero-order valence-electron chi connectivity index (χ0n) is 15.4. The van der Waals surface area contributed by atoms with E-state index in [-0.39, 0.29) is 22.9 Å². The van der Waals surface area contributed by atoms with Crippen LogP contribution in [0.3, 0.4) is 0 Å². The summed E-state index contributed by atoms with van der Waals surface area (Å²) in [5.41, 5.74) is 3.49. The van der Waals surface area contributed by atoms with Crippen LogP contribution in [0, 0.1) is 27.4 Å². The first-order chi connectivity index (χ1) is 13.4. The molecule has 1 N–H and O–H groups in total. The molecule has 1 aromatic carbocycles. The molecule has 7 nitrogen and oxygen atoms in total. The highest BCUT2D eigenvalue weighted by Gasteiger charge is 2.64. The van der Waals surface area contributed by atoms with Crippen LogP contribution in [-0.2, 0) is 4.79 Å². The van der Waals surface area contributed by atoms with Crippen LogP contribution in [-0.4, -0.2) is 17.0 Å². The molecule has 1 heterocycles. The Morgan fingerprint density at radius 1 is 1.39 bits per heavy atom. The number of hydrazone groups is 1. The Morgan fingerprint density at radius 2 is 2.21 bits per heavy atom. The largest absolute Gasteiger partial charge is 0.455 e. The quantitative estimate of drug-likeness (QED) is 0.402. The number of carbonyl (C=O) groups excluding carboxylic acids is 1. The summed E-state index contributed by atoms with van der Waals surface area (Å²) in [6, 6.07) is 7.97. The van der Waals surface area contributed by atoms with E-state index in [0.29, 0.717) is 27.5 Å². The van der Waals surface area contributed by atoms with E-state index in [4.69, 9.17) is 4.42 Å². The van der Waals surface area contributed by atoms with Crippen molar-refractivity contribution >= 4 is 33.7 Å². The molecule has 0 spiro atoms. The summed E-state index contributed by atoms with van der Waals surface area (Å²) < 4.78 is 6.29. The minimum absolute atomic E-state index is 0.000943. The second-order valence-corrected chi connectivity index (χ2v) is 8.55. The summed E-state index contributed by atoms with van der Waals surface area (Å²) >= 11 is 3.34. The zero-order valence-corrected chi connectivity index (χ0v) is 16.9. The second-order valence-electron chi connectivity index (χ2n) is 7.69. The fraction of sp³-hybridized carbons (Fsp3) is 0.400. The van der Waals surface area contributed by atoms with Gasteiger partial charge >= 0.3 is 0 Å². The van der Waals surface area contributed by atoms with Gasteiger partial charge in [-0.2, -0.15) is 5.10 Å². The molecule has 1 amide bonds. The highest BCUT2D eigenvalue weighted by molar-refractivity contribution is 9.10. The first-order valence-electron chi connectivity index (χ1n) is 9.27. The van der Waals surface area contributed by atoms with Crippen molar-refractivity contribution in [1.82, 2.24) is 5.43 Å². The van der Waals surface area contributed by atoms with E-state index in [1.54, 1.807) is 18.2 Å². The van der Waals surface area contributed by atoms with Crippen LogP contribution in [0.1, 0.15) is 38.4 Å². The Balaban J connectivity index is 1.40. The van der Waals surface area contributed by atoms with Crippen LogP contribution in [0.2, 0.25) is 0 Å². The summed E-state index contributed by atoms with van der Waals surface area (Å²) in [5.74, 6) is 1.58. The van der Waals surface area contributed by atoms with E-state index >= 15 is 0 Å². The van der Waals surface area contributed by atoms with Gasteiger partial charge in [0.05, 0.1) is 11.1 Å². The van der Waals surface area contributed by atoms with E-state index in [2.05, 4.69) is 33.4 Å². The molecule has 0 radical (unpaired) electrons. The zero-order chi connectivity index (χ0) is 19.9. The van der Waals surface area contributed by atoms with Crippen molar-refractivity contribution in [2.45, 2.75) is 32.6 Å². The number of nitrogens with zero attached hydrogens (tertiary/aromatic N) is 2. The maximum atomic E-state index is 12.4. The van der Waals surface area contributed by atoms with E-state index in [1.807, 2.05) is 0 Å². The SMILES string of the molecule is C[C@]12CCCC[C@@H]1[C@@H]2C(=O)N/N=C\c1ccc(-c2ccc([N+](=O)[O-])cc2Br)o1. The first-order valence-corrected chi connectivity index (χ1v) is 10.1. The van der Waals surface area contributed by atoms with Gasteiger partial charge in [0, 0.05) is 28.1 Å². The van der Waals surface area contributed by atoms with Gasteiger partial charge in [-0.1, -0.05) is 19.8 Å². The average molecular weight is 446 g/mol. The molecule has 0 bridgehead atoms. The van der Waals surface area contributed by atoms with Crippen LogP contribution in [0.4, 0.5) is 5.69 Å². The maximum absolute atomic E-state index is 12.4. The molecule has 28 heavy (non-hydrogen) atoms. The number of amides is 1. The molecule has 2 aliphatic carbocycles. The lowest BCUT2D eigenvalue weighted by molar-refractivity contribution is -0.384. The topological polar surface area (TPSA) is 97.7 Å². The fourth-order valence-corrected chi connectivity index (χ4v) is 5.03. The number of benzene rings is 1. The lowest BCUT2D eigenvalue weighted by Gasteiger charge is -2.15. The number of halogens is 1. The highest BCUT2D eigenvalue weighted by Crippen LogP contribution is 2.66. The Kier molecular flexibility index (Phi) is 4.82. The predicted molar refractivity (Wildman–Crippen MR) is 108 cm³/mol. The number of furan rings is 1. The van der Waals surface area contributed by atoms with Crippen molar-refractivity contribution in [1.29, 1.82) is 0 Å². The smallest absolute Gasteiger partial charge is 0.270 e. The van der Waals surface area contributed by atoms with Crippen molar-refractivity contribution in [2.24, 2.45) is 22.4 Å². The van der Waals surface area contributed by atoms with Crippen molar-refractivity contribution in [3.05, 3.63) is 50.7 Å². The average Bonchev–Trinajstić information content (AvgIpc) is 3.03.